The Labute approximate surface area is 144 Å². The van der Waals surface area contributed by atoms with Gasteiger partial charge in [-0.3, -0.25) is 0 Å². The van der Waals surface area contributed by atoms with E-state index in [9.17, 15) is 4.39 Å². The van der Waals surface area contributed by atoms with Crippen molar-refractivity contribution in [2.45, 2.75) is 6.92 Å². The second kappa shape index (κ2) is 6.32. The van der Waals surface area contributed by atoms with Gasteiger partial charge in [0.15, 0.2) is 5.82 Å². The molecule has 0 amide bonds. The molecule has 4 aromatic rings. The molecule has 0 aliphatic rings. The van der Waals surface area contributed by atoms with Gasteiger partial charge >= 0.3 is 0 Å². The number of halogens is 1. The van der Waals surface area contributed by atoms with Crippen LogP contribution >= 0.6 is 0 Å². The minimum absolute atomic E-state index is 0.305. The van der Waals surface area contributed by atoms with Crippen molar-refractivity contribution in [1.82, 2.24) is 9.97 Å². The molecule has 3 nitrogen and oxygen atoms in total. The Kier molecular flexibility index (Phi) is 3.86. The van der Waals surface area contributed by atoms with E-state index in [0.717, 1.165) is 10.9 Å². The molecule has 0 atom stereocenters. The zero-order valence-electron chi connectivity index (χ0n) is 13.6. The van der Waals surface area contributed by atoms with Crippen molar-refractivity contribution < 1.29 is 9.13 Å². The summed E-state index contributed by atoms with van der Waals surface area (Å²) in [6, 6.07) is 21.7. The van der Waals surface area contributed by atoms with Gasteiger partial charge in [-0.05, 0) is 43.3 Å². The van der Waals surface area contributed by atoms with E-state index in [1.54, 1.807) is 18.2 Å². The summed E-state index contributed by atoms with van der Waals surface area (Å²) in [4.78, 5) is 8.97. The van der Waals surface area contributed by atoms with Crippen LogP contribution in [0.5, 0.6) is 11.6 Å². The molecule has 122 valence electrons. The molecule has 0 saturated heterocycles. The van der Waals surface area contributed by atoms with Gasteiger partial charge in [0.1, 0.15) is 11.6 Å². The van der Waals surface area contributed by atoms with Crippen molar-refractivity contribution in [2.24, 2.45) is 0 Å². The van der Waals surface area contributed by atoms with E-state index in [4.69, 9.17) is 4.74 Å². The minimum Gasteiger partial charge on any atom is -0.438 e. The maximum absolute atomic E-state index is 14.2. The molecule has 0 aliphatic heterocycles. The normalized spacial score (nSPS) is 10.8. The first-order valence-electron chi connectivity index (χ1n) is 7.97. The Balaban J connectivity index is 1.87. The summed E-state index contributed by atoms with van der Waals surface area (Å²) in [5.74, 6) is 1.03. The highest BCUT2D eigenvalue weighted by Crippen LogP contribution is 2.30. The van der Waals surface area contributed by atoms with Crippen LogP contribution in [0, 0.1) is 12.7 Å². The van der Waals surface area contributed by atoms with Crippen LogP contribution in [0.4, 0.5) is 4.39 Å². The third-order valence-electron chi connectivity index (χ3n) is 3.92. The van der Waals surface area contributed by atoms with Gasteiger partial charge in [-0.15, -0.1) is 0 Å². The summed E-state index contributed by atoms with van der Waals surface area (Å²) in [5, 5.41) is 0.781. The Morgan fingerprint density at radius 1 is 0.800 bits per heavy atom. The maximum atomic E-state index is 14.2. The molecular formula is C21H15FN2O. The van der Waals surface area contributed by atoms with E-state index in [0.29, 0.717) is 28.5 Å². The summed E-state index contributed by atoms with van der Waals surface area (Å²) in [5.41, 5.74) is 2.20. The Bertz CT molecular complexity index is 1050. The van der Waals surface area contributed by atoms with Crippen LogP contribution in [0.25, 0.3) is 22.3 Å². The van der Waals surface area contributed by atoms with Crippen molar-refractivity contribution >= 4 is 10.9 Å². The fourth-order valence-electron chi connectivity index (χ4n) is 2.61. The van der Waals surface area contributed by atoms with Crippen molar-refractivity contribution in [3.63, 3.8) is 0 Å². The third kappa shape index (κ3) is 3.06. The number of hydrogen-bond acceptors (Lipinski definition) is 3. The minimum atomic E-state index is -0.362. The van der Waals surface area contributed by atoms with Gasteiger partial charge in [-0.2, -0.15) is 4.98 Å². The molecule has 0 radical (unpaired) electrons. The Morgan fingerprint density at radius 3 is 2.32 bits per heavy atom. The third-order valence-corrected chi connectivity index (χ3v) is 3.92. The number of hydrogen-bond donors (Lipinski definition) is 0. The number of benzene rings is 3. The van der Waals surface area contributed by atoms with E-state index in [1.165, 1.54) is 6.07 Å². The maximum Gasteiger partial charge on any atom is 0.230 e. The highest BCUT2D eigenvalue weighted by atomic mass is 19.1. The lowest BCUT2D eigenvalue weighted by atomic mass is 10.1. The molecule has 4 rings (SSSR count). The number of aryl methyl sites for hydroxylation is 1. The van der Waals surface area contributed by atoms with Gasteiger partial charge in [0.25, 0.3) is 0 Å². The zero-order valence-corrected chi connectivity index (χ0v) is 13.6. The predicted octanol–water partition coefficient (Wildman–Crippen LogP) is 5.54. The SMILES string of the molecule is Cc1ccc(Oc2nc(-c3ccccc3F)nc3ccccc23)cc1. The van der Waals surface area contributed by atoms with Crippen LogP contribution < -0.4 is 4.74 Å². The molecule has 25 heavy (non-hydrogen) atoms. The van der Waals surface area contributed by atoms with Crippen molar-refractivity contribution in [1.29, 1.82) is 0 Å². The lowest BCUT2D eigenvalue weighted by Crippen LogP contribution is -1.97. The fraction of sp³-hybridized carbons (Fsp3) is 0.0476. The van der Waals surface area contributed by atoms with Gasteiger partial charge in [0.2, 0.25) is 5.88 Å². The first kappa shape index (κ1) is 15.3. The number of para-hydroxylation sites is 1. The van der Waals surface area contributed by atoms with Gasteiger partial charge in [-0.1, -0.05) is 42.0 Å². The van der Waals surface area contributed by atoms with Gasteiger partial charge in [0, 0.05) is 0 Å². The number of ether oxygens (including phenoxy) is 1. The van der Waals surface area contributed by atoms with Crippen molar-refractivity contribution in [3.05, 3.63) is 84.2 Å². The Morgan fingerprint density at radius 2 is 1.52 bits per heavy atom. The van der Waals surface area contributed by atoms with Crippen LogP contribution in [0.1, 0.15) is 5.56 Å². The van der Waals surface area contributed by atoms with Crippen molar-refractivity contribution in [3.8, 4) is 23.0 Å². The molecule has 0 N–H and O–H groups in total. The topological polar surface area (TPSA) is 35.0 Å². The monoisotopic (exact) mass is 330 g/mol. The summed E-state index contributed by atoms with van der Waals surface area (Å²) < 4.78 is 20.1. The zero-order chi connectivity index (χ0) is 17.2. The van der Waals surface area contributed by atoms with E-state index < -0.39 is 0 Å². The van der Waals surface area contributed by atoms with E-state index in [-0.39, 0.29) is 5.82 Å². The molecule has 0 spiro atoms. The second-order valence-corrected chi connectivity index (χ2v) is 5.76. The molecule has 0 bridgehead atoms. The number of nitrogens with zero attached hydrogens (tertiary/aromatic N) is 2. The molecule has 3 aromatic carbocycles. The molecule has 0 saturated carbocycles. The molecule has 1 aromatic heterocycles. The largest absolute Gasteiger partial charge is 0.438 e. The highest BCUT2D eigenvalue weighted by molar-refractivity contribution is 5.85. The first-order valence-corrected chi connectivity index (χ1v) is 7.97. The van der Waals surface area contributed by atoms with Crippen LogP contribution in [0.3, 0.4) is 0 Å². The average Bonchev–Trinajstić information content (AvgIpc) is 2.64. The summed E-state index contributed by atoms with van der Waals surface area (Å²) in [7, 11) is 0. The predicted molar refractivity (Wildman–Crippen MR) is 96.2 cm³/mol. The first-order chi connectivity index (χ1) is 12.2. The quantitative estimate of drug-likeness (QED) is 0.495. The molecule has 1 heterocycles. The van der Waals surface area contributed by atoms with Crippen LogP contribution in [0.2, 0.25) is 0 Å². The van der Waals surface area contributed by atoms with Crippen LogP contribution in [-0.2, 0) is 0 Å². The standard InChI is InChI=1S/C21H15FN2O/c1-14-10-12-15(13-11-14)25-21-17-7-3-5-9-19(17)23-20(24-21)16-6-2-4-8-18(16)22/h2-13H,1H3. The molecule has 4 heteroatoms. The van der Waals surface area contributed by atoms with Crippen molar-refractivity contribution in [2.75, 3.05) is 0 Å². The second-order valence-electron chi connectivity index (χ2n) is 5.76. The van der Waals surface area contributed by atoms with Crippen LogP contribution in [0.15, 0.2) is 72.8 Å². The molecule has 0 unspecified atom stereocenters. The number of aromatic nitrogens is 2. The smallest absolute Gasteiger partial charge is 0.230 e. The summed E-state index contributed by atoms with van der Waals surface area (Å²) in [6.45, 7) is 2.01. The summed E-state index contributed by atoms with van der Waals surface area (Å²) in [6.07, 6.45) is 0. The van der Waals surface area contributed by atoms with Gasteiger partial charge in [0.05, 0.1) is 16.5 Å². The highest BCUT2D eigenvalue weighted by Gasteiger charge is 2.13. The lowest BCUT2D eigenvalue weighted by Gasteiger charge is -2.10. The van der Waals surface area contributed by atoms with Gasteiger partial charge in [-0.25, -0.2) is 9.37 Å². The van der Waals surface area contributed by atoms with Gasteiger partial charge < -0.3 is 4.74 Å². The average molecular weight is 330 g/mol. The molecule has 0 fully saturated rings. The Hall–Kier alpha value is -3.27. The molecular weight excluding hydrogens is 315 g/mol. The molecule has 0 aliphatic carbocycles. The lowest BCUT2D eigenvalue weighted by molar-refractivity contribution is 0.468. The van der Waals surface area contributed by atoms with E-state index in [2.05, 4.69) is 9.97 Å². The van der Waals surface area contributed by atoms with E-state index in [1.807, 2.05) is 55.5 Å². The van der Waals surface area contributed by atoms with E-state index >= 15 is 0 Å². The summed E-state index contributed by atoms with van der Waals surface area (Å²) >= 11 is 0. The number of rotatable bonds is 3. The number of fused-ring (bicyclic) bond motifs is 1. The fourth-order valence-corrected chi connectivity index (χ4v) is 2.61. The van der Waals surface area contributed by atoms with Crippen LogP contribution in [-0.4, -0.2) is 9.97 Å².